The number of allylic oxidation sites excluding steroid dienone is 2. The van der Waals surface area contributed by atoms with Crippen molar-refractivity contribution in [2.75, 3.05) is 0 Å². The third kappa shape index (κ3) is 1.75. The normalized spacial score (nSPS) is 36.1. The molecule has 2 unspecified atom stereocenters. The molecule has 2 atom stereocenters. The Balaban J connectivity index is 2.54. The summed E-state index contributed by atoms with van der Waals surface area (Å²) in [6.45, 7) is 6.83. The van der Waals surface area contributed by atoms with Crippen molar-refractivity contribution in [3.05, 3.63) is 11.0 Å². The van der Waals surface area contributed by atoms with Crippen LogP contribution in [0.5, 0.6) is 0 Å². The van der Waals surface area contributed by atoms with Crippen LogP contribution in [0, 0.1) is 5.92 Å². The molecule has 1 aliphatic heterocycles. The van der Waals surface area contributed by atoms with Crippen LogP contribution in [0.1, 0.15) is 27.2 Å². The second-order valence-electron chi connectivity index (χ2n) is 2.85. The number of hydrogen-bond acceptors (Lipinski definition) is 1. The Bertz CT molecular complexity index is 127. The molecule has 0 aromatic carbocycles. The molecular weight excluding hydrogens is 128 g/mol. The number of thioether (sulfide) groups is 1. The lowest BCUT2D eigenvalue weighted by Gasteiger charge is -2.22. The van der Waals surface area contributed by atoms with E-state index in [9.17, 15) is 0 Å². The quantitative estimate of drug-likeness (QED) is 0.501. The first-order chi connectivity index (χ1) is 4.20. The molecule has 0 radical (unpaired) electrons. The molecule has 0 aliphatic carbocycles. The highest BCUT2D eigenvalue weighted by Gasteiger charge is 2.15. The van der Waals surface area contributed by atoms with Crippen LogP contribution in [-0.4, -0.2) is 5.25 Å². The Labute approximate surface area is 61.7 Å². The van der Waals surface area contributed by atoms with E-state index in [0.29, 0.717) is 0 Å². The molecule has 0 bridgehead atoms. The topological polar surface area (TPSA) is 0 Å². The highest BCUT2D eigenvalue weighted by atomic mass is 32.2. The van der Waals surface area contributed by atoms with E-state index in [0.717, 1.165) is 11.2 Å². The fraction of sp³-hybridized carbons (Fsp3) is 0.750. The van der Waals surface area contributed by atoms with Crippen LogP contribution in [0.25, 0.3) is 0 Å². The molecular formula is C8H14S. The summed E-state index contributed by atoms with van der Waals surface area (Å²) in [4.78, 5) is 1.50. The van der Waals surface area contributed by atoms with Crippen molar-refractivity contribution >= 4 is 11.8 Å². The zero-order chi connectivity index (χ0) is 6.85. The third-order valence-corrected chi connectivity index (χ3v) is 3.33. The van der Waals surface area contributed by atoms with Crippen LogP contribution in [0.3, 0.4) is 0 Å². The first-order valence-electron chi connectivity index (χ1n) is 3.53. The molecule has 0 aromatic heterocycles. The van der Waals surface area contributed by atoms with E-state index in [1.807, 2.05) is 11.8 Å². The molecule has 1 rings (SSSR count). The van der Waals surface area contributed by atoms with Gasteiger partial charge in [0, 0.05) is 5.25 Å². The molecule has 1 heterocycles. The Hall–Kier alpha value is 0.0900. The Morgan fingerprint density at radius 3 is 2.67 bits per heavy atom. The van der Waals surface area contributed by atoms with Crippen molar-refractivity contribution in [3.63, 3.8) is 0 Å². The van der Waals surface area contributed by atoms with Crippen LogP contribution >= 0.6 is 11.8 Å². The smallest absolute Gasteiger partial charge is 0.00912 e. The SMILES string of the molecule is CC1=CCC(C)C(C)S1. The van der Waals surface area contributed by atoms with Crippen LogP contribution in [0.2, 0.25) is 0 Å². The predicted molar refractivity (Wildman–Crippen MR) is 44.6 cm³/mol. The first kappa shape index (κ1) is 7.20. The Morgan fingerprint density at radius 1 is 1.56 bits per heavy atom. The summed E-state index contributed by atoms with van der Waals surface area (Å²) in [5, 5.41) is 0.829. The van der Waals surface area contributed by atoms with Crippen LogP contribution in [-0.2, 0) is 0 Å². The van der Waals surface area contributed by atoms with Gasteiger partial charge in [0.05, 0.1) is 0 Å². The minimum Gasteiger partial charge on any atom is -0.128 e. The monoisotopic (exact) mass is 142 g/mol. The zero-order valence-electron chi connectivity index (χ0n) is 6.35. The van der Waals surface area contributed by atoms with Crippen molar-refractivity contribution < 1.29 is 0 Å². The summed E-state index contributed by atoms with van der Waals surface area (Å²) in [6, 6.07) is 0. The van der Waals surface area contributed by atoms with E-state index in [4.69, 9.17) is 0 Å². The van der Waals surface area contributed by atoms with Gasteiger partial charge in [0.25, 0.3) is 0 Å². The molecule has 0 nitrogen and oxygen atoms in total. The molecule has 1 aliphatic rings. The van der Waals surface area contributed by atoms with Gasteiger partial charge in [0.1, 0.15) is 0 Å². The molecule has 0 spiro atoms. The van der Waals surface area contributed by atoms with Crippen molar-refractivity contribution in [1.29, 1.82) is 0 Å². The van der Waals surface area contributed by atoms with Gasteiger partial charge in [-0.05, 0) is 24.2 Å². The first-order valence-corrected chi connectivity index (χ1v) is 4.41. The molecule has 9 heavy (non-hydrogen) atoms. The maximum Gasteiger partial charge on any atom is 0.00912 e. The lowest BCUT2D eigenvalue weighted by atomic mass is 10.0. The summed E-state index contributed by atoms with van der Waals surface area (Å²) >= 11 is 2.01. The summed E-state index contributed by atoms with van der Waals surface area (Å²) < 4.78 is 0. The van der Waals surface area contributed by atoms with Crippen LogP contribution < -0.4 is 0 Å². The maximum absolute atomic E-state index is 2.34. The van der Waals surface area contributed by atoms with Crippen LogP contribution in [0.4, 0.5) is 0 Å². The van der Waals surface area contributed by atoms with Crippen LogP contribution in [0.15, 0.2) is 11.0 Å². The maximum atomic E-state index is 2.34. The standard InChI is InChI=1S/C8H14S/c1-6-4-5-7(2)9-8(6)3/h5-6,8H,4H2,1-3H3. The summed E-state index contributed by atoms with van der Waals surface area (Å²) in [6.07, 6.45) is 3.62. The van der Waals surface area contributed by atoms with Crippen molar-refractivity contribution in [2.24, 2.45) is 5.92 Å². The highest BCUT2D eigenvalue weighted by molar-refractivity contribution is 8.03. The molecule has 1 heteroatoms. The molecule has 0 fully saturated rings. The van der Waals surface area contributed by atoms with E-state index in [1.165, 1.54) is 11.3 Å². The van der Waals surface area contributed by atoms with Gasteiger partial charge in [-0.3, -0.25) is 0 Å². The molecule has 0 amide bonds. The van der Waals surface area contributed by atoms with E-state index in [1.54, 1.807) is 0 Å². The zero-order valence-corrected chi connectivity index (χ0v) is 7.16. The predicted octanol–water partition coefficient (Wildman–Crippen LogP) is 3.05. The lowest BCUT2D eigenvalue weighted by Crippen LogP contribution is -2.12. The second kappa shape index (κ2) is 2.78. The molecule has 0 saturated carbocycles. The van der Waals surface area contributed by atoms with E-state index < -0.39 is 0 Å². The minimum atomic E-state index is 0.829. The van der Waals surface area contributed by atoms with Gasteiger partial charge in [0.2, 0.25) is 0 Å². The van der Waals surface area contributed by atoms with Gasteiger partial charge in [-0.2, -0.15) is 0 Å². The molecule has 0 aromatic rings. The Kier molecular flexibility index (Phi) is 2.23. The molecule has 0 N–H and O–H groups in total. The average molecular weight is 142 g/mol. The van der Waals surface area contributed by atoms with E-state index in [2.05, 4.69) is 26.8 Å². The third-order valence-electron chi connectivity index (χ3n) is 1.95. The fourth-order valence-electron chi connectivity index (χ4n) is 1.00. The van der Waals surface area contributed by atoms with Crippen molar-refractivity contribution in [3.8, 4) is 0 Å². The number of hydrogen-bond donors (Lipinski definition) is 0. The van der Waals surface area contributed by atoms with Crippen molar-refractivity contribution in [1.82, 2.24) is 0 Å². The second-order valence-corrected chi connectivity index (χ2v) is 4.47. The summed E-state index contributed by atoms with van der Waals surface area (Å²) in [5.74, 6) is 0.874. The summed E-state index contributed by atoms with van der Waals surface area (Å²) in [5.41, 5.74) is 0. The fourth-order valence-corrected chi connectivity index (χ4v) is 2.12. The Morgan fingerprint density at radius 2 is 2.22 bits per heavy atom. The van der Waals surface area contributed by atoms with E-state index in [-0.39, 0.29) is 0 Å². The van der Waals surface area contributed by atoms with Gasteiger partial charge in [-0.15, -0.1) is 11.8 Å². The van der Waals surface area contributed by atoms with Gasteiger partial charge in [-0.25, -0.2) is 0 Å². The molecule has 52 valence electrons. The van der Waals surface area contributed by atoms with Gasteiger partial charge in [-0.1, -0.05) is 19.9 Å². The largest absolute Gasteiger partial charge is 0.128 e. The number of rotatable bonds is 0. The van der Waals surface area contributed by atoms with Gasteiger partial charge < -0.3 is 0 Å². The summed E-state index contributed by atoms with van der Waals surface area (Å²) in [7, 11) is 0. The van der Waals surface area contributed by atoms with Crippen molar-refractivity contribution in [2.45, 2.75) is 32.4 Å². The lowest BCUT2D eigenvalue weighted by molar-refractivity contribution is 0.581. The molecule has 0 saturated heterocycles. The average Bonchev–Trinajstić information content (AvgIpc) is 1.80. The van der Waals surface area contributed by atoms with E-state index >= 15 is 0 Å². The highest BCUT2D eigenvalue weighted by Crippen LogP contribution is 2.33. The minimum absolute atomic E-state index is 0.829. The van der Waals surface area contributed by atoms with Gasteiger partial charge >= 0.3 is 0 Å². The van der Waals surface area contributed by atoms with Gasteiger partial charge in [0.15, 0.2) is 0 Å².